The molecule has 0 bridgehead atoms. The average molecular weight is 167 g/mol. The van der Waals surface area contributed by atoms with E-state index in [-0.39, 0.29) is 0 Å². The van der Waals surface area contributed by atoms with E-state index < -0.39 is 0 Å². The number of carbonyl (C=O) groups excluding carboxylic acids is 1. The lowest BCUT2D eigenvalue weighted by Gasteiger charge is -1.98. The molecule has 0 spiro atoms. The summed E-state index contributed by atoms with van der Waals surface area (Å²) >= 11 is 0. The number of hydrogen-bond acceptors (Lipinski definition) is 1. The van der Waals surface area contributed by atoms with Gasteiger partial charge >= 0.3 is 0 Å². The van der Waals surface area contributed by atoms with Crippen LogP contribution in [-0.2, 0) is 11.0 Å². The fourth-order valence-electron chi connectivity index (χ4n) is 0.805. The van der Waals surface area contributed by atoms with E-state index >= 15 is 0 Å². The van der Waals surface area contributed by atoms with Crippen LogP contribution in [0.1, 0.15) is 5.56 Å². The lowest BCUT2D eigenvalue weighted by atomic mass is 10.2. The van der Waals surface area contributed by atoms with Crippen LogP contribution in [0.15, 0.2) is 24.3 Å². The van der Waals surface area contributed by atoms with Crippen molar-refractivity contribution >= 4 is 21.3 Å². The quantitative estimate of drug-likeness (QED) is 0.538. The number of benzene rings is 1. The van der Waals surface area contributed by atoms with E-state index in [2.05, 4.69) is 14.6 Å². The van der Waals surface area contributed by atoms with Crippen LogP contribution in [0.25, 0.3) is 0 Å². The summed E-state index contributed by atoms with van der Waals surface area (Å²) < 4.78 is 0. The highest BCUT2D eigenvalue weighted by atomic mass is 31.0. The molecule has 2 nitrogen and oxygen atoms in total. The maximum absolute atomic E-state index is 10.0. The molecule has 0 fully saturated rings. The number of carbonyl (C=O) groups is 1. The highest BCUT2D eigenvalue weighted by Gasteiger charge is 1.89. The van der Waals surface area contributed by atoms with Crippen molar-refractivity contribution in [1.29, 1.82) is 0 Å². The summed E-state index contributed by atoms with van der Waals surface area (Å²) in [6.45, 7) is 0. The Hall–Kier alpha value is -0.880. The Morgan fingerprint density at radius 2 is 2.00 bits per heavy atom. The van der Waals surface area contributed by atoms with Gasteiger partial charge < -0.3 is 5.32 Å². The van der Waals surface area contributed by atoms with Crippen LogP contribution in [-0.4, -0.2) is 6.41 Å². The average Bonchev–Trinajstić information content (AvgIpc) is 2.07. The van der Waals surface area contributed by atoms with Crippen molar-refractivity contribution in [3.8, 4) is 0 Å². The third-order valence-corrected chi connectivity index (χ3v) is 1.89. The molecule has 0 aromatic heterocycles. The topological polar surface area (TPSA) is 29.1 Å². The molecule has 0 saturated carbocycles. The molecule has 1 N–H and O–H groups in total. The molecule has 1 unspecified atom stereocenters. The second-order valence-corrected chi connectivity index (χ2v) is 2.57. The molecule has 1 amide bonds. The number of rotatable bonds is 3. The number of hydrogen-bond donors (Lipinski definition) is 1. The van der Waals surface area contributed by atoms with Crippen molar-refractivity contribution < 1.29 is 4.79 Å². The predicted molar refractivity (Wildman–Crippen MR) is 49.5 cm³/mol. The van der Waals surface area contributed by atoms with Gasteiger partial charge in [-0.2, -0.15) is 0 Å². The SMILES string of the molecule is O=CNc1ccc(CP)cc1. The third-order valence-electron chi connectivity index (χ3n) is 1.42. The number of amides is 1. The van der Waals surface area contributed by atoms with E-state index in [1.165, 1.54) is 5.56 Å². The van der Waals surface area contributed by atoms with Gasteiger partial charge in [0.15, 0.2) is 0 Å². The van der Waals surface area contributed by atoms with Crippen LogP contribution in [0.3, 0.4) is 0 Å². The van der Waals surface area contributed by atoms with Gasteiger partial charge in [-0.1, -0.05) is 12.1 Å². The fraction of sp³-hybridized carbons (Fsp3) is 0.125. The molecular weight excluding hydrogens is 157 g/mol. The smallest absolute Gasteiger partial charge is 0.211 e. The monoisotopic (exact) mass is 167 g/mol. The molecule has 58 valence electrons. The summed E-state index contributed by atoms with van der Waals surface area (Å²) in [5.41, 5.74) is 2.08. The van der Waals surface area contributed by atoms with E-state index in [0.717, 1.165) is 11.8 Å². The molecule has 0 aliphatic carbocycles. The molecule has 1 aromatic rings. The van der Waals surface area contributed by atoms with Crippen molar-refractivity contribution in [3.63, 3.8) is 0 Å². The Labute approximate surface area is 68.2 Å². The largest absolute Gasteiger partial charge is 0.329 e. The maximum Gasteiger partial charge on any atom is 0.211 e. The second-order valence-electron chi connectivity index (χ2n) is 2.16. The zero-order valence-corrected chi connectivity index (χ0v) is 7.23. The third kappa shape index (κ3) is 2.32. The molecule has 0 aliphatic heterocycles. The van der Waals surface area contributed by atoms with Crippen molar-refractivity contribution in [1.82, 2.24) is 0 Å². The summed E-state index contributed by atoms with van der Waals surface area (Å²) in [5.74, 6) is 0. The van der Waals surface area contributed by atoms with Crippen LogP contribution in [0.2, 0.25) is 0 Å². The summed E-state index contributed by atoms with van der Waals surface area (Å²) in [4.78, 5) is 10.0. The van der Waals surface area contributed by atoms with Gasteiger partial charge in [-0.3, -0.25) is 4.79 Å². The van der Waals surface area contributed by atoms with E-state index in [1.54, 1.807) is 0 Å². The highest BCUT2D eigenvalue weighted by molar-refractivity contribution is 7.15. The molecule has 1 atom stereocenters. The molecule has 1 rings (SSSR count). The first kappa shape index (κ1) is 8.22. The molecule has 0 radical (unpaired) electrons. The second kappa shape index (κ2) is 4.09. The van der Waals surface area contributed by atoms with Crippen molar-refractivity contribution in [3.05, 3.63) is 29.8 Å². The fourth-order valence-corrected chi connectivity index (χ4v) is 1.08. The Morgan fingerprint density at radius 1 is 1.36 bits per heavy atom. The molecule has 1 aromatic carbocycles. The minimum absolute atomic E-state index is 0.676. The van der Waals surface area contributed by atoms with Crippen molar-refractivity contribution in [2.75, 3.05) is 5.32 Å². The van der Waals surface area contributed by atoms with Gasteiger partial charge in [-0.15, -0.1) is 9.24 Å². The van der Waals surface area contributed by atoms with Crippen LogP contribution in [0, 0.1) is 0 Å². The maximum atomic E-state index is 10.0. The van der Waals surface area contributed by atoms with Gasteiger partial charge in [0.25, 0.3) is 0 Å². The first-order valence-electron chi connectivity index (χ1n) is 3.36. The lowest BCUT2D eigenvalue weighted by molar-refractivity contribution is -0.105. The molecule has 3 heteroatoms. The van der Waals surface area contributed by atoms with Gasteiger partial charge in [-0.25, -0.2) is 0 Å². The number of anilines is 1. The Bertz CT molecular complexity index is 232. The highest BCUT2D eigenvalue weighted by Crippen LogP contribution is 2.10. The summed E-state index contributed by atoms with van der Waals surface area (Å²) in [7, 11) is 2.65. The van der Waals surface area contributed by atoms with Gasteiger partial charge in [-0.05, 0) is 23.9 Å². The minimum atomic E-state index is 0.676. The number of nitrogens with one attached hydrogen (secondary N) is 1. The Kier molecular flexibility index (Phi) is 3.06. The standard InChI is InChI=1S/C8H10NOP/c10-6-9-8-3-1-7(5-11)2-4-8/h1-4,6H,5,11H2,(H,9,10). The van der Waals surface area contributed by atoms with Crippen molar-refractivity contribution in [2.45, 2.75) is 6.16 Å². The zero-order chi connectivity index (χ0) is 8.10. The van der Waals surface area contributed by atoms with E-state index in [9.17, 15) is 4.79 Å². The van der Waals surface area contributed by atoms with E-state index in [1.807, 2.05) is 24.3 Å². The molecule has 0 saturated heterocycles. The molecule has 11 heavy (non-hydrogen) atoms. The van der Waals surface area contributed by atoms with Crippen LogP contribution < -0.4 is 5.32 Å². The Balaban J connectivity index is 2.74. The molecule has 0 aliphatic rings. The first-order valence-corrected chi connectivity index (χ1v) is 4.17. The minimum Gasteiger partial charge on any atom is -0.329 e. The van der Waals surface area contributed by atoms with Gasteiger partial charge in [0.05, 0.1) is 0 Å². The van der Waals surface area contributed by atoms with Gasteiger partial charge in [0, 0.05) is 5.69 Å². The first-order chi connectivity index (χ1) is 5.36. The summed E-state index contributed by atoms with van der Waals surface area (Å²) in [6.07, 6.45) is 1.62. The van der Waals surface area contributed by atoms with Gasteiger partial charge in [0.2, 0.25) is 6.41 Å². The zero-order valence-electron chi connectivity index (χ0n) is 6.08. The van der Waals surface area contributed by atoms with Crippen molar-refractivity contribution in [2.24, 2.45) is 0 Å². The summed E-state index contributed by atoms with van der Waals surface area (Å²) in [6, 6.07) is 7.74. The molecular formula is C8H10NOP. The normalized spacial score (nSPS) is 9.18. The predicted octanol–water partition coefficient (Wildman–Crippen LogP) is 1.63. The lowest BCUT2D eigenvalue weighted by Crippen LogP contribution is -1.92. The van der Waals surface area contributed by atoms with E-state index in [4.69, 9.17) is 0 Å². The van der Waals surface area contributed by atoms with Crippen LogP contribution in [0.4, 0.5) is 5.69 Å². The van der Waals surface area contributed by atoms with Crippen LogP contribution >= 0.6 is 9.24 Å². The van der Waals surface area contributed by atoms with E-state index in [0.29, 0.717) is 6.41 Å². The Morgan fingerprint density at radius 3 is 2.45 bits per heavy atom. The summed E-state index contributed by atoms with van der Waals surface area (Å²) in [5, 5.41) is 2.57. The molecule has 0 heterocycles. The van der Waals surface area contributed by atoms with Gasteiger partial charge in [0.1, 0.15) is 0 Å². The van der Waals surface area contributed by atoms with Crippen LogP contribution in [0.5, 0.6) is 0 Å².